The Kier molecular flexibility index (Phi) is 6.18. The van der Waals surface area contributed by atoms with Gasteiger partial charge in [-0.1, -0.05) is 6.92 Å². The topological polar surface area (TPSA) is 104 Å². The van der Waals surface area contributed by atoms with Crippen molar-refractivity contribution in [3.8, 4) is 5.75 Å². The van der Waals surface area contributed by atoms with Crippen molar-refractivity contribution in [3.63, 3.8) is 0 Å². The number of benzene rings is 1. The number of phenolic OH excluding ortho intramolecular Hbond substituents is 1. The second-order valence-electron chi connectivity index (χ2n) is 3.41. The maximum atomic E-state index is 11.5. The quantitative estimate of drug-likeness (QED) is 0.756. The summed E-state index contributed by atoms with van der Waals surface area (Å²) in [5.41, 5.74) is 0.585. The van der Waals surface area contributed by atoms with E-state index in [0.29, 0.717) is 10.5 Å². The van der Waals surface area contributed by atoms with Crippen LogP contribution in [-0.4, -0.2) is 37.5 Å². The molecule has 1 amide bonds. The molecule has 7 heteroatoms. The van der Waals surface area contributed by atoms with Crippen LogP contribution < -0.4 is 5.32 Å². The van der Waals surface area contributed by atoms with E-state index in [4.69, 9.17) is 10.2 Å². The number of hydrogen-bond acceptors (Lipinski definition) is 4. The average molecular weight is 275 g/mol. The summed E-state index contributed by atoms with van der Waals surface area (Å²) in [7, 11) is -1.81. The first-order valence-corrected chi connectivity index (χ1v) is 6.82. The van der Waals surface area contributed by atoms with Gasteiger partial charge in [-0.05, 0) is 30.7 Å². The van der Waals surface area contributed by atoms with Crippen molar-refractivity contribution >= 4 is 15.9 Å². The Balaban J connectivity index is 0.000000494. The monoisotopic (exact) mass is 275 g/mol. The molecular weight excluding hydrogens is 258 g/mol. The summed E-state index contributed by atoms with van der Waals surface area (Å²) in [4.78, 5) is 9.56. The summed E-state index contributed by atoms with van der Waals surface area (Å²) in [6, 6.07) is 4.27. The molecule has 0 radical (unpaired) electrons. The Labute approximate surface area is 106 Å². The molecule has 1 rings (SSSR count). The van der Waals surface area contributed by atoms with Crippen molar-refractivity contribution in [2.75, 3.05) is 12.8 Å². The third-order valence-corrected chi connectivity index (χ3v) is 3.98. The zero-order valence-electron chi connectivity index (χ0n) is 10.5. The Morgan fingerprint density at radius 2 is 1.89 bits per heavy atom. The van der Waals surface area contributed by atoms with Crippen LogP contribution >= 0.6 is 0 Å². The van der Waals surface area contributed by atoms with Gasteiger partial charge in [-0.3, -0.25) is 0 Å². The molecule has 0 aromatic heterocycles. The van der Waals surface area contributed by atoms with Gasteiger partial charge in [0.05, 0.1) is 10.6 Å². The third-order valence-electron chi connectivity index (χ3n) is 2.09. The van der Waals surface area contributed by atoms with Gasteiger partial charge in [0.2, 0.25) is 0 Å². The van der Waals surface area contributed by atoms with Crippen molar-refractivity contribution in [1.82, 2.24) is 5.32 Å². The molecule has 0 fully saturated rings. The highest BCUT2D eigenvalue weighted by Gasteiger charge is 2.13. The molecule has 102 valence electrons. The molecule has 0 aliphatic heterocycles. The summed E-state index contributed by atoms with van der Waals surface area (Å²) in [5, 5.41) is 18.6. The molecule has 0 saturated heterocycles. The fourth-order valence-electron chi connectivity index (χ4n) is 1.14. The number of rotatable bonds is 2. The summed E-state index contributed by atoms with van der Waals surface area (Å²) in [6.45, 7) is 3.27. The Bertz CT molecular complexity index is 510. The number of phenols is 1. The van der Waals surface area contributed by atoms with Crippen LogP contribution in [-0.2, 0) is 9.84 Å². The van der Waals surface area contributed by atoms with Crippen LogP contribution in [0.1, 0.15) is 12.5 Å². The molecule has 0 heterocycles. The molecule has 6 nitrogen and oxygen atoms in total. The van der Waals surface area contributed by atoms with Gasteiger partial charge in [-0.15, -0.1) is 0 Å². The van der Waals surface area contributed by atoms with E-state index in [1.807, 2.05) is 5.32 Å². The molecule has 0 saturated carbocycles. The lowest BCUT2D eigenvalue weighted by molar-refractivity contribution is 0.197. The SMILES string of the molecule is CCS(=O)(=O)c1ccc(O)cc1C.CNC(=O)O. The first-order valence-electron chi connectivity index (χ1n) is 5.17. The van der Waals surface area contributed by atoms with Crippen molar-refractivity contribution in [3.05, 3.63) is 23.8 Å². The zero-order chi connectivity index (χ0) is 14.3. The number of carboxylic acid groups (broad SMARTS) is 1. The van der Waals surface area contributed by atoms with Crippen LogP contribution in [0.25, 0.3) is 0 Å². The van der Waals surface area contributed by atoms with Gasteiger partial charge in [0.15, 0.2) is 9.84 Å². The second-order valence-corrected chi connectivity index (χ2v) is 5.66. The highest BCUT2D eigenvalue weighted by atomic mass is 32.2. The van der Waals surface area contributed by atoms with E-state index in [9.17, 15) is 13.2 Å². The van der Waals surface area contributed by atoms with Crippen LogP contribution in [0.2, 0.25) is 0 Å². The second kappa shape index (κ2) is 6.85. The number of nitrogens with one attached hydrogen (secondary N) is 1. The Hall–Kier alpha value is -1.76. The van der Waals surface area contributed by atoms with Gasteiger partial charge >= 0.3 is 6.09 Å². The van der Waals surface area contributed by atoms with E-state index in [1.165, 1.54) is 25.2 Å². The van der Waals surface area contributed by atoms with E-state index in [2.05, 4.69) is 0 Å². The van der Waals surface area contributed by atoms with Crippen LogP contribution in [0.5, 0.6) is 5.75 Å². The summed E-state index contributed by atoms with van der Waals surface area (Å²) in [5.74, 6) is 0.172. The minimum atomic E-state index is -3.16. The minimum Gasteiger partial charge on any atom is -0.508 e. The van der Waals surface area contributed by atoms with Crippen LogP contribution in [0.4, 0.5) is 4.79 Å². The molecule has 3 N–H and O–H groups in total. The lowest BCUT2D eigenvalue weighted by Gasteiger charge is -2.05. The smallest absolute Gasteiger partial charge is 0.404 e. The third kappa shape index (κ3) is 5.05. The van der Waals surface area contributed by atoms with Crippen molar-refractivity contribution < 1.29 is 23.4 Å². The van der Waals surface area contributed by atoms with Gasteiger partial charge in [0.25, 0.3) is 0 Å². The molecule has 1 aromatic rings. The first-order chi connectivity index (χ1) is 8.24. The maximum absolute atomic E-state index is 11.5. The number of aromatic hydroxyl groups is 1. The summed E-state index contributed by atoms with van der Waals surface area (Å²) < 4.78 is 22.9. The minimum absolute atomic E-state index is 0.0820. The van der Waals surface area contributed by atoms with E-state index in [1.54, 1.807) is 13.8 Å². The van der Waals surface area contributed by atoms with E-state index in [0.717, 1.165) is 0 Å². The van der Waals surface area contributed by atoms with Crippen LogP contribution in [0.15, 0.2) is 23.1 Å². The van der Waals surface area contributed by atoms with Gasteiger partial charge < -0.3 is 15.5 Å². The molecule has 0 unspecified atom stereocenters. The van der Waals surface area contributed by atoms with Gasteiger partial charge in [-0.25, -0.2) is 13.2 Å². The highest BCUT2D eigenvalue weighted by Crippen LogP contribution is 2.20. The zero-order valence-corrected chi connectivity index (χ0v) is 11.3. The molecule has 0 aliphatic rings. The van der Waals surface area contributed by atoms with Crippen molar-refractivity contribution in [1.29, 1.82) is 0 Å². The normalized spacial score (nSPS) is 10.2. The van der Waals surface area contributed by atoms with Crippen molar-refractivity contribution in [2.45, 2.75) is 18.7 Å². The predicted molar refractivity (Wildman–Crippen MR) is 67.7 cm³/mol. The fraction of sp³-hybridized carbons (Fsp3) is 0.364. The van der Waals surface area contributed by atoms with Gasteiger partial charge in [-0.2, -0.15) is 0 Å². The molecule has 18 heavy (non-hydrogen) atoms. The van der Waals surface area contributed by atoms with Gasteiger partial charge in [0.1, 0.15) is 5.75 Å². The molecule has 0 atom stereocenters. The van der Waals surface area contributed by atoms with E-state index >= 15 is 0 Å². The lowest BCUT2D eigenvalue weighted by atomic mass is 10.2. The molecule has 0 bridgehead atoms. The average Bonchev–Trinajstić information content (AvgIpc) is 2.29. The first kappa shape index (κ1) is 16.2. The summed E-state index contributed by atoms with van der Waals surface area (Å²) in [6.07, 6.45) is -0.995. The number of amides is 1. The van der Waals surface area contributed by atoms with Crippen LogP contribution in [0, 0.1) is 6.92 Å². The summed E-state index contributed by atoms with van der Waals surface area (Å²) >= 11 is 0. The van der Waals surface area contributed by atoms with Gasteiger partial charge in [0, 0.05) is 7.05 Å². The van der Waals surface area contributed by atoms with E-state index < -0.39 is 15.9 Å². The molecular formula is C11H17NO5S. The largest absolute Gasteiger partial charge is 0.508 e. The lowest BCUT2D eigenvalue weighted by Crippen LogP contribution is -2.13. The number of aryl methyl sites for hydroxylation is 1. The molecule has 1 aromatic carbocycles. The number of sulfone groups is 1. The number of carbonyl (C=O) groups is 1. The maximum Gasteiger partial charge on any atom is 0.404 e. The van der Waals surface area contributed by atoms with E-state index in [-0.39, 0.29) is 11.5 Å². The standard InChI is InChI=1S/C9H12O3S.C2H5NO2/c1-3-13(11,12)9-5-4-8(10)6-7(9)2;1-3-2(4)5/h4-6,10H,3H2,1-2H3;3H,1H3,(H,4,5). The Morgan fingerprint density at radius 3 is 2.22 bits per heavy atom. The fourth-order valence-corrected chi connectivity index (χ4v) is 2.27. The number of hydrogen-bond donors (Lipinski definition) is 3. The highest BCUT2D eigenvalue weighted by molar-refractivity contribution is 7.91. The van der Waals surface area contributed by atoms with Crippen molar-refractivity contribution in [2.24, 2.45) is 0 Å². The molecule has 0 spiro atoms. The Morgan fingerprint density at radius 1 is 1.39 bits per heavy atom. The molecule has 0 aliphatic carbocycles. The predicted octanol–water partition coefficient (Wildman–Crippen LogP) is 1.38. The van der Waals surface area contributed by atoms with Crippen LogP contribution in [0.3, 0.4) is 0 Å².